The van der Waals surface area contributed by atoms with Gasteiger partial charge >= 0.3 is 0 Å². The summed E-state index contributed by atoms with van der Waals surface area (Å²) in [5.41, 5.74) is 0.507. The van der Waals surface area contributed by atoms with Gasteiger partial charge in [-0.1, -0.05) is 0 Å². The lowest BCUT2D eigenvalue weighted by Crippen LogP contribution is -2.30. The number of aromatic nitrogens is 1. The Morgan fingerprint density at radius 3 is 2.95 bits per heavy atom. The first kappa shape index (κ1) is 12.9. The number of hydrogen-bond donors (Lipinski definition) is 2. The first-order valence-electron chi connectivity index (χ1n) is 6.92. The van der Waals surface area contributed by atoms with Crippen LogP contribution in [0.5, 0.6) is 0 Å². The number of carbonyl (C=O) groups is 2. The largest absolute Gasteiger partial charge is 0.364 e. The molecule has 1 aliphatic carbocycles. The molecule has 1 aromatic heterocycles. The van der Waals surface area contributed by atoms with Crippen molar-refractivity contribution in [1.82, 2.24) is 15.2 Å². The van der Waals surface area contributed by atoms with Crippen LogP contribution >= 0.6 is 0 Å². The second-order valence-corrected chi connectivity index (χ2v) is 5.30. The van der Waals surface area contributed by atoms with Crippen molar-refractivity contribution in [3.05, 3.63) is 23.9 Å². The lowest BCUT2D eigenvalue weighted by molar-refractivity contribution is -0.128. The highest BCUT2D eigenvalue weighted by Crippen LogP contribution is 2.31. The van der Waals surface area contributed by atoms with E-state index < -0.39 is 0 Å². The minimum atomic E-state index is -0.177. The second-order valence-electron chi connectivity index (χ2n) is 5.30. The van der Waals surface area contributed by atoms with Gasteiger partial charge in [-0.05, 0) is 25.0 Å². The third-order valence-corrected chi connectivity index (χ3v) is 3.77. The summed E-state index contributed by atoms with van der Waals surface area (Å²) in [7, 11) is 1.59. The monoisotopic (exact) mass is 274 g/mol. The number of amides is 2. The molecule has 0 aromatic carbocycles. The van der Waals surface area contributed by atoms with Crippen LogP contribution in [-0.2, 0) is 4.79 Å². The van der Waals surface area contributed by atoms with Crippen LogP contribution in [0.25, 0.3) is 0 Å². The highest BCUT2D eigenvalue weighted by molar-refractivity contribution is 5.98. The number of nitrogens with one attached hydrogen (secondary N) is 2. The van der Waals surface area contributed by atoms with E-state index in [4.69, 9.17) is 0 Å². The summed E-state index contributed by atoms with van der Waals surface area (Å²) in [6.07, 6.45) is 4.35. The highest BCUT2D eigenvalue weighted by Gasteiger charge is 2.39. The Hall–Kier alpha value is -2.11. The summed E-state index contributed by atoms with van der Waals surface area (Å²) in [4.78, 5) is 29.9. The molecule has 1 atom stereocenters. The van der Waals surface area contributed by atoms with Gasteiger partial charge in [0, 0.05) is 32.3 Å². The number of nitrogens with zero attached hydrogens (tertiary/aromatic N) is 2. The summed E-state index contributed by atoms with van der Waals surface area (Å²) >= 11 is 0. The van der Waals surface area contributed by atoms with Crippen LogP contribution < -0.4 is 10.6 Å². The third kappa shape index (κ3) is 2.45. The summed E-state index contributed by atoms with van der Waals surface area (Å²) in [6, 6.07) is 3.92. The number of pyridine rings is 1. The van der Waals surface area contributed by atoms with E-state index in [1.807, 2.05) is 4.90 Å². The van der Waals surface area contributed by atoms with Crippen molar-refractivity contribution in [3.8, 4) is 0 Å². The summed E-state index contributed by atoms with van der Waals surface area (Å²) in [5, 5.41) is 5.83. The van der Waals surface area contributed by atoms with Crippen LogP contribution in [-0.4, -0.2) is 47.4 Å². The van der Waals surface area contributed by atoms with Crippen molar-refractivity contribution in [2.45, 2.75) is 31.3 Å². The van der Waals surface area contributed by atoms with E-state index in [0.717, 1.165) is 12.8 Å². The van der Waals surface area contributed by atoms with Crippen LogP contribution in [0, 0.1) is 0 Å². The number of likely N-dealkylation sites (tertiary alicyclic amines) is 1. The Morgan fingerprint density at radius 2 is 2.25 bits per heavy atom. The van der Waals surface area contributed by atoms with E-state index in [1.54, 1.807) is 25.4 Å². The van der Waals surface area contributed by atoms with Crippen LogP contribution in [0.1, 0.15) is 29.6 Å². The van der Waals surface area contributed by atoms with Gasteiger partial charge < -0.3 is 15.5 Å². The lowest BCUT2D eigenvalue weighted by Gasteiger charge is -2.17. The average Bonchev–Trinajstić information content (AvgIpc) is 3.23. The van der Waals surface area contributed by atoms with Crippen molar-refractivity contribution in [3.63, 3.8) is 0 Å². The Labute approximate surface area is 117 Å². The number of carbonyl (C=O) groups excluding carboxylic acids is 2. The van der Waals surface area contributed by atoms with Crippen molar-refractivity contribution < 1.29 is 9.59 Å². The predicted octanol–water partition coefficient (Wildman–Crippen LogP) is 0.616. The van der Waals surface area contributed by atoms with Gasteiger partial charge in [-0.15, -0.1) is 0 Å². The number of anilines is 1. The van der Waals surface area contributed by atoms with Gasteiger partial charge in [-0.3, -0.25) is 9.59 Å². The summed E-state index contributed by atoms with van der Waals surface area (Å²) < 4.78 is 0. The SMILES string of the molecule is CNC(=O)c1cccnc1NC1CC(=O)N(C2CC2)C1. The topological polar surface area (TPSA) is 74.3 Å². The molecule has 3 rings (SSSR count). The minimum absolute atomic E-state index is 0.0291. The molecule has 1 aliphatic heterocycles. The second kappa shape index (κ2) is 5.11. The minimum Gasteiger partial charge on any atom is -0.364 e. The van der Waals surface area contributed by atoms with Crippen molar-refractivity contribution >= 4 is 17.6 Å². The molecule has 6 heteroatoms. The Kier molecular flexibility index (Phi) is 3.30. The van der Waals surface area contributed by atoms with E-state index in [9.17, 15) is 9.59 Å². The Balaban J connectivity index is 1.72. The molecule has 1 saturated carbocycles. The maximum atomic E-state index is 11.9. The molecular weight excluding hydrogens is 256 g/mol. The first-order valence-corrected chi connectivity index (χ1v) is 6.92. The fourth-order valence-corrected chi connectivity index (χ4v) is 2.60. The van der Waals surface area contributed by atoms with Gasteiger partial charge in [0.05, 0.1) is 11.6 Å². The first-order chi connectivity index (χ1) is 9.69. The third-order valence-electron chi connectivity index (χ3n) is 3.77. The van der Waals surface area contributed by atoms with Gasteiger partial charge in [-0.25, -0.2) is 4.98 Å². The van der Waals surface area contributed by atoms with Crippen LogP contribution in [0.15, 0.2) is 18.3 Å². The molecule has 1 aromatic rings. The molecule has 2 amide bonds. The zero-order valence-corrected chi connectivity index (χ0v) is 11.4. The molecule has 2 heterocycles. The molecular formula is C14H18N4O2. The number of hydrogen-bond acceptors (Lipinski definition) is 4. The molecule has 0 radical (unpaired) electrons. The summed E-state index contributed by atoms with van der Waals surface area (Å²) in [5.74, 6) is 0.564. The highest BCUT2D eigenvalue weighted by atomic mass is 16.2. The Morgan fingerprint density at radius 1 is 1.45 bits per heavy atom. The van der Waals surface area contributed by atoms with E-state index >= 15 is 0 Å². The normalized spacial score (nSPS) is 21.9. The van der Waals surface area contributed by atoms with Gasteiger partial charge in [-0.2, -0.15) is 0 Å². The average molecular weight is 274 g/mol. The van der Waals surface area contributed by atoms with Crippen LogP contribution in [0.2, 0.25) is 0 Å². The van der Waals surface area contributed by atoms with E-state index in [1.165, 1.54) is 0 Å². The molecule has 6 nitrogen and oxygen atoms in total. The van der Waals surface area contributed by atoms with E-state index in [-0.39, 0.29) is 17.9 Å². The maximum absolute atomic E-state index is 11.9. The van der Waals surface area contributed by atoms with Crippen molar-refractivity contribution in [2.24, 2.45) is 0 Å². The fraction of sp³-hybridized carbons (Fsp3) is 0.500. The molecule has 2 aliphatic rings. The fourth-order valence-electron chi connectivity index (χ4n) is 2.60. The lowest BCUT2D eigenvalue weighted by atomic mass is 10.2. The van der Waals surface area contributed by atoms with Gasteiger partial charge in [0.1, 0.15) is 5.82 Å². The van der Waals surface area contributed by atoms with E-state index in [2.05, 4.69) is 15.6 Å². The molecule has 1 unspecified atom stereocenters. The van der Waals surface area contributed by atoms with Crippen LogP contribution in [0.4, 0.5) is 5.82 Å². The number of rotatable bonds is 4. The molecule has 2 N–H and O–H groups in total. The molecule has 20 heavy (non-hydrogen) atoms. The smallest absolute Gasteiger partial charge is 0.254 e. The molecule has 0 bridgehead atoms. The molecule has 2 fully saturated rings. The van der Waals surface area contributed by atoms with Crippen molar-refractivity contribution in [1.29, 1.82) is 0 Å². The standard InChI is InChI=1S/C14H18N4O2/c1-15-14(20)11-3-2-6-16-13(11)17-9-7-12(19)18(8-9)10-4-5-10/h2-3,6,9-10H,4-5,7-8H2,1H3,(H,15,20)(H,16,17). The quantitative estimate of drug-likeness (QED) is 0.844. The molecule has 1 saturated heterocycles. The van der Waals surface area contributed by atoms with Crippen LogP contribution in [0.3, 0.4) is 0 Å². The van der Waals surface area contributed by atoms with Gasteiger partial charge in [0.25, 0.3) is 5.91 Å². The van der Waals surface area contributed by atoms with E-state index in [0.29, 0.717) is 30.4 Å². The van der Waals surface area contributed by atoms with Crippen molar-refractivity contribution in [2.75, 3.05) is 18.9 Å². The van der Waals surface area contributed by atoms with Gasteiger partial charge in [0.15, 0.2) is 0 Å². The molecule has 106 valence electrons. The van der Waals surface area contributed by atoms with Gasteiger partial charge in [0.2, 0.25) is 5.91 Å². The Bertz CT molecular complexity index is 542. The zero-order chi connectivity index (χ0) is 14.1. The predicted molar refractivity (Wildman–Crippen MR) is 74.4 cm³/mol. The zero-order valence-electron chi connectivity index (χ0n) is 11.4. The summed E-state index contributed by atoms with van der Waals surface area (Å²) in [6.45, 7) is 0.702. The maximum Gasteiger partial charge on any atom is 0.254 e. The molecule has 0 spiro atoms.